The molecule has 0 unspecified atom stereocenters. The largest absolute Gasteiger partial charge is 0.489 e. The molecule has 0 amide bonds. The van der Waals surface area contributed by atoms with Crippen LogP contribution < -0.4 is 4.74 Å². The van der Waals surface area contributed by atoms with Crippen molar-refractivity contribution >= 4 is 29.5 Å². The van der Waals surface area contributed by atoms with Crippen molar-refractivity contribution in [2.24, 2.45) is 0 Å². The van der Waals surface area contributed by atoms with Crippen LogP contribution in [0.25, 0.3) is 0 Å². The van der Waals surface area contributed by atoms with Crippen LogP contribution in [0.4, 0.5) is 0 Å². The number of hydrogen-bond acceptors (Lipinski definition) is 2. The van der Waals surface area contributed by atoms with Gasteiger partial charge in [0, 0.05) is 22.0 Å². The molecule has 0 aliphatic carbocycles. The van der Waals surface area contributed by atoms with Crippen LogP contribution in [0.5, 0.6) is 5.75 Å². The summed E-state index contributed by atoms with van der Waals surface area (Å²) in [6.07, 6.45) is 1.29. The summed E-state index contributed by atoms with van der Waals surface area (Å²) in [6.45, 7) is 0.311. The van der Waals surface area contributed by atoms with Crippen molar-refractivity contribution in [3.05, 3.63) is 63.6 Å². The number of hydrogen-bond donors (Lipinski definition) is 0. The van der Waals surface area contributed by atoms with Gasteiger partial charge in [0.05, 0.1) is 0 Å². The predicted octanol–water partition coefficient (Wildman–Crippen LogP) is 4.31. The minimum absolute atomic E-state index is 0.311. The number of benzene rings is 2. The van der Waals surface area contributed by atoms with Gasteiger partial charge in [0.1, 0.15) is 18.6 Å². The lowest BCUT2D eigenvalue weighted by molar-refractivity contribution is -0.107. The maximum Gasteiger partial charge on any atom is 0.124 e. The van der Waals surface area contributed by atoms with Crippen molar-refractivity contribution in [1.29, 1.82) is 0 Å². The molecule has 2 rings (SSSR count). The molecule has 0 spiro atoms. The summed E-state index contributed by atoms with van der Waals surface area (Å²) in [5.74, 6) is 0.714. The van der Waals surface area contributed by atoms with Gasteiger partial charge in [-0.3, -0.25) is 0 Å². The average molecular weight is 295 g/mol. The van der Waals surface area contributed by atoms with E-state index in [0.29, 0.717) is 28.8 Å². The summed E-state index contributed by atoms with van der Waals surface area (Å²) in [7, 11) is 0. The second-order valence-electron chi connectivity index (χ2n) is 4.00. The molecule has 0 aliphatic heterocycles. The molecule has 0 radical (unpaired) electrons. The highest BCUT2D eigenvalue weighted by Crippen LogP contribution is 2.25. The summed E-state index contributed by atoms with van der Waals surface area (Å²) >= 11 is 12.1. The molecule has 98 valence electrons. The van der Waals surface area contributed by atoms with Gasteiger partial charge in [-0.15, -0.1) is 0 Å². The summed E-state index contributed by atoms with van der Waals surface area (Å²) in [5.41, 5.74) is 1.72. The number of rotatable bonds is 5. The van der Waals surface area contributed by atoms with Crippen molar-refractivity contribution in [2.75, 3.05) is 0 Å². The Kier molecular flexibility index (Phi) is 4.83. The molecular formula is C15H12Cl2O2. The lowest BCUT2D eigenvalue weighted by atomic mass is 10.2. The third-order valence-electron chi connectivity index (χ3n) is 2.69. The molecule has 2 aromatic rings. The van der Waals surface area contributed by atoms with E-state index in [-0.39, 0.29) is 0 Å². The third-order valence-corrected chi connectivity index (χ3v) is 3.40. The highest BCUT2D eigenvalue weighted by Gasteiger charge is 2.06. The quantitative estimate of drug-likeness (QED) is 0.768. The van der Waals surface area contributed by atoms with Gasteiger partial charge in [-0.05, 0) is 29.8 Å². The predicted molar refractivity (Wildman–Crippen MR) is 77.0 cm³/mol. The Hall–Kier alpha value is -1.51. The Bertz CT molecular complexity index is 545. The van der Waals surface area contributed by atoms with Crippen LogP contribution in [0, 0.1) is 0 Å². The lowest BCUT2D eigenvalue weighted by Crippen LogP contribution is -1.97. The van der Waals surface area contributed by atoms with E-state index >= 15 is 0 Å². The zero-order chi connectivity index (χ0) is 13.7. The van der Waals surface area contributed by atoms with E-state index in [1.165, 1.54) is 0 Å². The fourth-order valence-electron chi connectivity index (χ4n) is 1.64. The molecule has 0 aliphatic rings. The van der Waals surface area contributed by atoms with E-state index in [0.717, 1.165) is 17.4 Å². The Morgan fingerprint density at radius 1 is 1.00 bits per heavy atom. The van der Waals surface area contributed by atoms with E-state index in [4.69, 9.17) is 27.9 Å². The molecule has 0 atom stereocenters. The minimum Gasteiger partial charge on any atom is -0.489 e. The Balaban J connectivity index is 2.04. The molecule has 2 aromatic carbocycles. The van der Waals surface area contributed by atoms with Crippen molar-refractivity contribution in [3.8, 4) is 5.75 Å². The normalized spacial score (nSPS) is 10.2. The van der Waals surface area contributed by atoms with Crippen molar-refractivity contribution < 1.29 is 9.53 Å². The Morgan fingerprint density at radius 2 is 1.63 bits per heavy atom. The SMILES string of the molecule is O=CCc1ccc(OCc2c(Cl)cccc2Cl)cc1. The Morgan fingerprint density at radius 3 is 2.21 bits per heavy atom. The highest BCUT2D eigenvalue weighted by atomic mass is 35.5. The molecule has 4 heteroatoms. The fourth-order valence-corrected chi connectivity index (χ4v) is 2.15. The Labute approximate surface area is 121 Å². The van der Waals surface area contributed by atoms with Crippen LogP contribution in [0.1, 0.15) is 11.1 Å². The van der Waals surface area contributed by atoms with Crippen LogP contribution in [0.3, 0.4) is 0 Å². The first-order valence-corrected chi connectivity index (χ1v) is 6.54. The van der Waals surface area contributed by atoms with Gasteiger partial charge in [0.25, 0.3) is 0 Å². The van der Waals surface area contributed by atoms with Gasteiger partial charge in [-0.2, -0.15) is 0 Å². The molecule has 0 bridgehead atoms. The van der Waals surface area contributed by atoms with Crippen molar-refractivity contribution in [3.63, 3.8) is 0 Å². The summed E-state index contributed by atoms with van der Waals surface area (Å²) in [6, 6.07) is 12.7. The van der Waals surface area contributed by atoms with E-state index in [9.17, 15) is 4.79 Å². The van der Waals surface area contributed by atoms with Gasteiger partial charge in [0.15, 0.2) is 0 Å². The first-order valence-electron chi connectivity index (χ1n) is 5.79. The molecule has 19 heavy (non-hydrogen) atoms. The summed E-state index contributed by atoms with van der Waals surface area (Å²) in [5, 5.41) is 1.18. The van der Waals surface area contributed by atoms with Crippen LogP contribution in [0.15, 0.2) is 42.5 Å². The van der Waals surface area contributed by atoms with Crippen LogP contribution in [0.2, 0.25) is 10.0 Å². The average Bonchev–Trinajstić information content (AvgIpc) is 2.40. The molecule has 0 saturated carbocycles. The van der Waals surface area contributed by atoms with Crippen LogP contribution >= 0.6 is 23.2 Å². The first kappa shape index (κ1) is 13.9. The number of aldehydes is 1. The lowest BCUT2D eigenvalue weighted by Gasteiger charge is -2.09. The molecule has 2 nitrogen and oxygen atoms in total. The molecule has 0 saturated heterocycles. The number of ether oxygens (including phenoxy) is 1. The standard InChI is InChI=1S/C15H12Cl2O2/c16-14-2-1-3-15(17)13(14)10-19-12-6-4-11(5-7-12)8-9-18/h1-7,9H,8,10H2. The van der Waals surface area contributed by atoms with Crippen molar-refractivity contribution in [1.82, 2.24) is 0 Å². The highest BCUT2D eigenvalue weighted by molar-refractivity contribution is 6.35. The molecular weight excluding hydrogens is 283 g/mol. The maximum absolute atomic E-state index is 10.4. The van der Waals surface area contributed by atoms with Gasteiger partial charge in [0.2, 0.25) is 0 Å². The second-order valence-corrected chi connectivity index (χ2v) is 4.82. The van der Waals surface area contributed by atoms with E-state index in [1.54, 1.807) is 18.2 Å². The van der Waals surface area contributed by atoms with Gasteiger partial charge in [-0.25, -0.2) is 0 Å². The van der Waals surface area contributed by atoms with Gasteiger partial charge >= 0.3 is 0 Å². The van der Waals surface area contributed by atoms with Crippen molar-refractivity contribution in [2.45, 2.75) is 13.0 Å². The third kappa shape index (κ3) is 3.72. The number of halogens is 2. The van der Waals surface area contributed by atoms with Crippen LogP contribution in [-0.4, -0.2) is 6.29 Å². The van der Waals surface area contributed by atoms with Gasteiger partial charge < -0.3 is 9.53 Å². The van der Waals surface area contributed by atoms with Gasteiger partial charge in [-0.1, -0.05) is 41.4 Å². The molecule has 0 N–H and O–H groups in total. The van der Waals surface area contributed by atoms with E-state index < -0.39 is 0 Å². The molecule has 0 aromatic heterocycles. The number of carbonyl (C=O) groups excluding carboxylic acids is 1. The van der Waals surface area contributed by atoms with E-state index in [1.807, 2.05) is 24.3 Å². The zero-order valence-electron chi connectivity index (χ0n) is 10.1. The summed E-state index contributed by atoms with van der Waals surface area (Å²) in [4.78, 5) is 10.4. The number of carbonyl (C=O) groups is 1. The van der Waals surface area contributed by atoms with Crippen LogP contribution in [-0.2, 0) is 17.8 Å². The van der Waals surface area contributed by atoms with E-state index in [2.05, 4.69) is 0 Å². The first-order chi connectivity index (χ1) is 9.20. The zero-order valence-corrected chi connectivity index (χ0v) is 11.6. The summed E-state index contributed by atoms with van der Waals surface area (Å²) < 4.78 is 5.63. The maximum atomic E-state index is 10.4. The smallest absolute Gasteiger partial charge is 0.124 e. The topological polar surface area (TPSA) is 26.3 Å². The monoisotopic (exact) mass is 294 g/mol. The molecule has 0 heterocycles. The minimum atomic E-state index is 0.311. The second kappa shape index (κ2) is 6.60. The fraction of sp³-hybridized carbons (Fsp3) is 0.133. The molecule has 0 fully saturated rings.